The standard InChI is InChI=1S/C25H31N3O2S2/c1-5-21-6-8-22(9-7-21)16-23-17-31-25(26-23)27-10-12-28(13-11-27)32(29,30)24-19(3)14-18(2)15-20(24)4/h6-9,14-15,17H,5,10-13,16H2,1-4H3. The molecule has 0 saturated carbocycles. The van der Waals surface area contributed by atoms with Gasteiger partial charge in [0.25, 0.3) is 0 Å². The molecule has 0 aliphatic carbocycles. The van der Waals surface area contributed by atoms with Crippen LogP contribution in [0, 0.1) is 20.8 Å². The number of benzene rings is 2. The van der Waals surface area contributed by atoms with Crippen molar-refractivity contribution in [3.8, 4) is 0 Å². The van der Waals surface area contributed by atoms with Crippen molar-refractivity contribution in [2.75, 3.05) is 31.1 Å². The lowest BCUT2D eigenvalue weighted by Gasteiger charge is -2.34. The van der Waals surface area contributed by atoms with E-state index in [1.54, 1.807) is 15.6 Å². The summed E-state index contributed by atoms with van der Waals surface area (Å²) in [6.45, 7) is 10.2. The van der Waals surface area contributed by atoms with Gasteiger partial charge in [0.1, 0.15) is 0 Å². The summed E-state index contributed by atoms with van der Waals surface area (Å²) in [6.07, 6.45) is 1.87. The molecular weight excluding hydrogens is 438 g/mol. The maximum atomic E-state index is 13.3. The first-order valence-corrected chi connectivity index (χ1v) is 13.4. The van der Waals surface area contributed by atoms with Crippen molar-refractivity contribution in [3.63, 3.8) is 0 Å². The van der Waals surface area contributed by atoms with Crippen LogP contribution in [0.3, 0.4) is 0 Å². The molecule has 4 rings (SSSR count). The van der Waals surface area contributed by atoms with Gasteiger partial charge in [-0.15, -0.1) is 11.3 Å². The molecule has 2 heterocycles. The first-order valence-electron chi connectivity index (χ1n) is 11.1. The van der Waals surface area contributed by atoms with E-state index in [1.165, 1.54) is 11.1 Å². The van der Waals surface area contributed by atoms with Gasteiger partial charge in [-0.05, 0) is 49.4 Å². The number of sulfonamides is 1. The topological polar surface area (TPSA) is 53.5 Å². The van der Waals surface area contributed by atoms with Crippen LogP contribution in [0.5, 0.6) is 0 Å². The molecule has 0 N–H and O–H groups in total. The molecule has 5 nitrogen and oxygen atoms in total. The Labute approximate surface area is 195 Å². The molecule has 0 bridgehead atoms. The zero-order chi connectivity index (χ0) is 22.9. The molecular formula is C25H31N3O2S2. The summed E-state index contributed by atoms with van der Waals surface area (Å²) in [6, 6.07) is 12.6. The molecule has 0 radical (unpaired) electrons. The van der Waals surface area contributed by atoms with E-state index < -0.39 is 10.0 Å². The number of nitrogens with zero attached hydrogens (tertiary/aromatic N) is 3. The van der Waals surface area contributed by atoms with E-state index in [-0.39, 0.29) is 0 Å². The number of aromatic nitrogens is 1. The summed E-state index contributed by atoms with van der Waals surface area (Å²) in [5, 5.41) is 3.09. The normalized spacial score (nSPS) is 15.3. The molecule has 0 atom stereocenters. The minimum absolute atomic E-state index is 0.460. The highest BCUT2D eigenvalue weighted by molar-refractivity contribution is 7.89. The number of hydrogen-bond donors (Lipinski definition) is 0. The Hall–Kier alpha value is -2.22. The van der Waals surface area contributed by atoms with Gasteiger partial charge in [0.05, 0.1) is 10.6 Å². The largest absolute Gasteiger partial charge is 0.345 e. The van der Waals surface area contributed by atoms with Crippen LogP contribution >= 0.6 is 11.3 Å². The van der Waals surface area contributed by atoms with Crippen molar-refractivity contribution < 1.29 is 8.42 Å². The van der Waals surface area contributed by atoms with Gasteiger partial charge in [-0.3, -0.25) is 0 Å². The minimum Gasteiger partial charge on any atom is -0.345 e. The fourth-order valence-corrected chi connectivity index (χ4v) is 7.16. The number of thiazole rings is 1. The van der Waals surface area contributed by atoms with Crippen molar-refractivity contribution in [3.05, 3.63) is 75.3 Å². The quantitative estimate of drug-likeness (QED) is 0.524. The predicted octanol–water partition coefficient (Wildman–Crippen LogP) is 4.73. The molecule has 32 heavy (non-hydrogen) atoms. The van der Waals surface area contributed by atoms with Crippen LogP contribution < -0.4 is 4.90 Å². The predicted molar refractivity (Wildman–Crippen MR) is 132 cm³/mol. The third kappa shape index (κ3) is 4.75. The summed E-state index contributed by atoms with van der Waals surface area (Å²) in [5.41, 5.74) is 6.40. The number of rotatable bonds is 6. The van der Waals surface area contributed by atoms with E-state index in [2.05, 4.69) is 41.5 Å². The van der Waals surface area contributed by atoms with E-state index in [0.717, 1.165) is 40.4 Å². The first-order chi connectivity index (χ1) is 15.3. The van der Waals surface area contributed by atoms with Crippen LogP contribution in [0.4, 0.5) is 5.13 Å². The Kier molecular flexibility index (Phi) is 6.70. The third-order valence-electron chi connectivity index (χ3n) is 6.07. The lowest BCUT2D eigenvalue weighted by molar-refractivity contribution is 0.384. The summed E-state index contributed by atoms with van der Waals surface area (Å²) in [4.78, 5) is 7.50. The van der Waals surface area contributed by atoms with Crippen molar-refractivity contribution in [2.24, 2.45) is 0 Å². The minimum atomic E-state index is -3.50. The van der Waals surface area contributed by atoms with Crippen LogP contribution in [-0.2, 0) is 22.9 Å². The van der Waals surface area contributed by atoms with Crippen LogP contribution in [0.25, 0.3) is 0 Å². The van der Waals surface area contributed by atoms with Gasteiger partial charge in [-0.25, -0.2) is 13.4 Å². The molecule has 0 spiro atoms. The summed E-state index contributed by atoms with van der Waals surface area (Å²) >= 11 is 1.64. The second-order valence-electron chi connectivity index (χ2n) is 8.59. The Morgan fingerprint density at radius 3 is 2.12 bits per heavy atom. The van der Waals surface area contributed by atoms with Crippen molar-refractivity contribution in [1.29, 1.82) is 0 Å². The fraction of sp³-hybridized carbons (Fsp3) is 0.400. The lowest BCUT2D eigenvalue weighted by Crippen LogP contribution is -2.48. The van der Waals surface area contributed by atoms with E-state index in [1.807, 2.05) is 32.9 Å². The molecule has 0 amide bonds. The molecule has 1 aliphatic rings. The average Bonchev–Trinajstić information content (AvgIpc) is 3.22. The zero-order valence-corrected chi connectivity index (χ0v) is 20.9. The van der Waals surface area contributed by atoms with Gasteiger partial charge in [0, 0.05) is 38.0 Å². The Morgan fingerprint density at radius 2 is 1.53 bits per heavy atom. The molecule has 3 aromatic rings. The Balaban J connectivity index is 1.42. The monoisotopic (exact) mass is 469 g/mol. The highest BCUT2D eigenvalue weighted by Gasteiger charge is 2.31. The van der Waals surface area contributed by atoms with Gasteiger partial charge in [0.2, 0.25) is 10.0 Å². The molecule has 170 valence electrons. The smallest absolute Gasteiger partial charge is 0.243 e. The molecule has 1 saturated heterocycles. The van der Waals surface area contributed by atoms with Gasteiger partial charge in [-0.2, -0.15) is 4.31 Å². The SMILES string of the molecule is CCc1ccc(Cc2csc(N3CCN(S(=O)(=O)c4c(C)cc(C)cc4C)CC3)n2)cc1. The van der Waals surface area contributed by atoms with Crippen LogP contribution in [0.15, 0.2) is 46.7 Å². The van der Waals surface area contributed by atoms with Gasteiger partial charge < -0.3 is 4.90 Å². The van der Waals surface area contributed by atoms with Crippen LogP contribution in [-0.4, -0.2) is 43.9 Å². The van der Waals surface area contributed by atoms with E-state index >= 15 is 0 Å². The van der Waals surface area contributed by atoms with E-state index in [4.69, 9.17) is 4.98 Å². The summed E-state index contributed by atoms with van der Waals surface area (Å²) in [7, 11) is -3.50. The van der Waals surface area contributed by atoms with Crippen molar-refractivity contribution >= 4 is 26.5 Å². The second-order valence-corrected chi connectivity index (χ2v) is 11.3. The first kappa shape index (κ1) is 23.0. The van der Waals surface area contributed by atoms with Gasteiger partial charge in [0.15, 0.2) is 5.13 Å². The fourth-order valence-electron chi connectivity index (χ4n) is 4.45. The maximum absolute atomic E-state index is 13.3. The van der Waals surface area contributed by atoms with Crippen LogP contribution in [0.2, 0.25) is 0 Å². The zero-order valence-electron chi connectivity index (χ0n) is 19.3. The lowest BCUT2D eigenvalue weighted by atomic mass is 10.1. The van der Waals surface area contributed by atoms with Gasteiger partial charge >= 0.3 is 0 Å². The molecule has 1 aromatic heterocycles. The summed E-state index contributed by atoms with van der Waals surface area (Å²) in [5.74, 6) is 0. The Bertz CT molecular complexity index is 1170. The molecule has 1 aliphatic heterocycles. The highest BCUT2D eigenvalue weighted by Crippen LogP contribution is 2.28. The number of anilines is 1. The van der Waals surface area contributed by atoms with Crippen molar-refractivity contribution in [1.82, 2.24) is 9.29 Å². The number of aryl methyl sites for hydroxylation is 4. The van der Waals surface area contributed by atoms with E-state index in [9.17, 15) is 8.42 Å². The average molecular weight is 470 g/mol. The molecule has 1 fully saturated rings. The highest BCUT2D eigenvalue weighted by atomic mass is 32.2. The van der Waals surface area contributed by atoms with E-state index in [0.29, 0.717) is 31.1 Å². The molecule has 2 aromatic carbocycles. The second kappa shape index (κ2) is 9.33. The third-order valence-corrected chi connectivity index (χ3v) is 9.22. The van der Waals surface area contributed by atoms with Crippen molar-refractivity contribution in [2.45, 2.75) is 45.4 Å². The molecule has 7 heteroatoms. The number of piperazine rings is 1. The Morgan fingerprint density at radius 1 is 0.938 bits per heavy atom. The number of hydrogen-bond acceptors (Lipinski definition) is 5. The van der Waals surface area contributed by atoms with Gasteiger partial charge in [-0.1, -0.05) is 48.9 Å². The van der Waals surface area contributed by atoms with Crippen LogP contribution in [0.1, 0.15) is 40.4 Å². The maximum Gasteiger partial charge on any atom is 0.243 e. The summed E-state index contributed by atoms with van der Waals surface area (Å²) < 4.78 is 28.3. The molecule has 0 unspecified atom stereocenters.